The molecule has 100 valence electrons. The van der Waals surface area contributed by atoms with Gasteiger partial charge in [0.05, 0.1) is 24.9 Å². The lowest BCUT2D eigenvalue weighted by molar-refractivity contribution is 0.101. The fraction of sp³-hybridized carbons (Fsp3) is 0.500. The minimum Gasteiger partial charge on any atom is -0.493 e. The number of aliphatic hydroxyl groups is 1. The summed E-state index contributed by atoms with van der Waals surface area (Å²) in [5.74, 6) is 0.946. The van der Waals surface area contributed by atoms with Crippen LogP contribution < -0.4 is 9.47 Å². The van der Waals surface area contributed by atoms with E-state index in [4.69, 9.17) is 9.47 Å². The van der Waals surface area contributed by atoms with Crippen LogP contribution in [0.15, 0.2) is 12.1 Å². The minimum absolute atomic E-state index is 0.0611. The molecule has 0 aliphatic rings. The van der Waals surface area contributed by atoms with Crippen LogP contribution in [0, 0.1) is 0 Å². The zero-order chi connectivity index (χ0) is 13.7. The monoisotopic (exact) mass is 252 g/mol. The van der Waals surface area contributed by atoms with E-state index in [1.54, 1.807) is 19.1 Å². The number of carbonyl (C=O) groups is 1. The Bertz CT molecular complexity index is 397. The standard InChI is InChI=1S/C14H20O4/c1-5-17-12-7-11(9(3)15)8-13(18-6-2)14(12)10(4)16/h7-8,10,16H,5-6H2,1-4H3. The molecule has 0 saturated carbocycles. The van der Waals surface area contributed by atoms with E-state index in [0.29, 0.717) is 35.8 Å². The smallest absolute Gasteiger partial charge is 0.160 e. The summed E-state index contributed by atoms with van der Waals surface area (Å²) in [6.07, 6.45) is -0.714. The van der Waals surface area contributed by atoms with Gasteiger partial charge in [-0.05, 0) is 39.8 Å². The molecule has 4 nitrogen and oxygen atoms in total. The number of hydrogen-bond acceptors (Lipinski definition) is 4. The van der Waals surface area contributed by atoms with Crippen molar-refractivity contribution in [2.45, 2.75) is 33.8 Å². The van der Waals surface area contributed by atoms with Gasteiger partial charge in [0.25, 0.3) is 0 Å². The van der Waals surface area contributed by atoms with Crippen molar-refractivity contribution in [1.82, 2.24) is 0 Å². The van der Waals surface area contributed by atoms with Gasteiger partial charge in [-0.25, -0.2) is 0 Å². The van der Waals surface area contributed by atoms with Crippen molar-refractivity contribution in [3.63, 3.8) is 0 Å². The Labute approximate surface area is 108 Å². The first-order valence-corrected chi connectivity index (χ1v) is 6.13. The maximum Gasteiger partial charge on any atom is 0.160 e. The third kappa shape index (κ3) is 3.23. The molecule has 0 radical (unpaired) electrons. The summed E-state index contributed by atoms with van der Waals surface area (Å²) in [5.41, 5.74) is 1.11. The van der Waals surface area contributed by atoms with E-state index in [2.05, 4.69) is 0 Å². The summed E-state index contributed by atoms with van der Waals surface area (Å²) in [5, 5.41) is 9.82. The second-order valence-electron chi connectivity index (χ2n) is 3.98. The Kier molecular flexibility index (Phi) is 5.16. The Hall–Kier alpha value is -1.55. The maximum atomic E-state index is 11.5. The molecule has 0 aromatic heterocycles. The highest BCUT2D eigenvalue weighted by molar-refractivity contribution is 5.95. The first-order valence-electron chi connectivity index (χ1n) is 6.13. The molecule has 0 amide bonds. The van der Waals surface area contributed by atoms with Gasteiger partial charge in [-0.15, -0.1) is 0 Å². The second kappa shape index (κ2) is 6.40. The summed E-state index contributed by atoms with van der Waals surface area (Å²) < 4.78 is 11.0. The highest BCUT2D eigenvalue weighted by atomic mass is 16.5. The van der Waals surface area contributed by atoms with Crippen LogP contribution in [0.4, 0.5) is 0 Å². The van der Waals surface area contributed by atoms with Crippen molar-refractivity contribution in [3.8, 4) is 11.5 Å². The van der Waals surface area contributed by atoms with Gasteiger partial charge >= 0.3 is 0 Å². The Morgan fingerprint density at radius 1 is 1.22 bits per heavy atom. The van der Waals surface area contributed by atoms with Gasteiger partial charge in [-0.1, -0.05) is 0 Å². The number of carbonyl (C=O) groups excluding carboxylic acids is 1. The topological polar surface area (TPSA) is 55.8 Å². The fourth-order valence-electron chi connectivity index (χ4n) is 1.77. The SMILES string of the molecule is CCOc1cc(C(C)=O)cc(OCC)c1C(C)O. The molecule has 1 unspecified atom stereocenters. The lowest BCUT2D eigenvalue weighted by Crippen LogP contribution is -2.07. The van der Waals surface area contributed by atoms with E-state index >= 15 is 0 Å². The summed E-state index contributed by atoms with van der Waals surface area (Å²) >= 11 is 0. The number of Topliss-reactive ketones (excluding diaryl/α,β-unsaturated/α-hetero) is 1. The molecule has 0 spiro atoms. The molecule has 0 saturated heterocycles. The molecule has 1 atom stereocenters. The molecular formula is C14H20O4. The molecule has 0 heterocycles. The average molecular weight is 252 g/mol. The zero-order valence-corrected chi connectivity index (χ0v) is 11.3. The molecule has 0 aliphatic carbocycles. The van der Waals surface area contributed by atoms with Crippen molar-refractivity contribution in [1.29, 1.82) is 0 Å². The van der Waals surface area contributed by atoms with Gasteiger partial charge in [-0.2, -0.15) is 0 Å². The van der Waals surface area contributed by atoms with Crippen molar-refractivity contribution >= 4 is 5.78 Å². The molecule has 4 heteroatoms. The number of benzene rings is 1. The summed E-state index contributed by atoms with van der Waals surface area (Å²) in [7, 11) is 0. The Morgan fingerprint density at radius 2 is 1.67 bits per heavy atom. The van der Waals surface area contributed by atoms with Crippen molar-refractivity contribution in [2.24, 2.45) is 0 Å². The molecule has 1 aromatic carbocycles. The lowest BCUT2D eigenvalue weighted by Gasteiger charge is -2.18. The quantitative estimate of drug-likeness (QED) is 0.791. The Balaban J connectivity index is 3.38. The summed E-state index contributed by atoms with van der Waals surface area (Å²) in [6, 6.07) is 3.30. The van der Waals surface area contributed by atoms with Gasteiger partial charge in [0.1, 0.15) is 11.5 Å². The predicted octanol–water partition coefficient (Wildman–Crippen LogP) is 2.74. The van der Waals surface area contributed by atoms with E-state index < -0.39 is 6.10 Å². The Morgan fingerprint density at radius 3 is 1.94 bits per heavy atom. The van der Waals surface area contributed by atoms with Crippen molar-refractivity contribution in [3.05, 3.63) is 23.3 Å². The second-order valence-corrected chi connectivity index (χ2v) is 3.98. The van der Waals surface area contributed by atoms with Crippen LogP contribution in [-0.2, 0) is 0 Å². The molecule has 0 bridgehead atoms. The minimum atomic E-state index is -0.714. The first kappa shape index (κ1) is 14.5. The third-order valence-corrected chi connectivity index (χ3v) is 2.53. The number of rotatable bonds is 6. The highest BCUT2D eigenvalue weighted by Gasteiger charge is 2.18. The predicted molar refractivity (Wildman–Crippen MR) is 69.4 cm³/mol. The van der Waals surface area contributed by atoms with Crippen LogP contribution in [0.1, 0.15) is 49.7 Å². The van der Waals surface area contributed by atoms with E-state index in [9.17, 15) is 9.90 Å². The van der Waals surface area contributed by atoms with Gasteiger partial charge in [-0.3, -0.25) is 4.79 Å². The molecule has 1 rings (SSSR count). The largest absolute Gasteiger partial charge is 0.493 e. The maximum absolute atomic E-state index is 11.5. The number of hydrogen-bond donors (Lipinski definition) is 1. The summed E-state index contributed by atoms with van der Waals surface area (Å²) in [6.45, 7) is 7.77. The zero-order valence-electron chi connectivity index (χ0n) is 11.3. The third-order valence-electron chi connectivity index (χ3n) is 2.53. The lowest BCUT2D eigenvalue weighted by atomic mass is 10.0. The van der Waals surface area contributed by atoms with Gasteiger partial charge in [0.2, 0.25) is 0 Å². The van der Waals surface area contributed by atoms with E-state index in [0.717, 1.165) is 0 Å². The van der Waals surface area contributed by atoms with Crippen molar-refractivity contribution in [2.75, 3.05) is 13.2 Å². The van der Waals surface area contributed by atoms with Crippen LogP contribution >= 0.6 is 0 Å². The first-order chi connectivity index (χ1) is 8.51. The molecule has 0 aliphatic heterocycles. The molecule has 1 aromatic rings. The van der Waals surface area contributed by atoms with E-state index in [-0.39, 0.29) is 5.78 Å². The van der Waals surface area contributed by atoms with Crippen LogP contribution in [-0.4, -0.2) is 24.1 Å². The normalized spacial score (nSPS) is 12.1. The van der Waals surface area contributed by atoms with Gasteiger partial charge in [0, 0.05) is 5.56 Å². The highest BCUT2D eigenvalue weighted by Crippen LogP contribution is 2.36. The molecule has 0 fully saturated rings. The van der Waals surface area contributed by atoms with E-state index in [1.807, 2.05) is 13.8 Å². The van der Waals surface area contributed by atoms with Crippen LogP contribution in [0.3, 0.4) is 0 Å². The summed E-state index contributed by atoms with van der Waals surface area (Å²) in [4.78, 5) is 11.5. The van der Waals surface area contributed by atoms with Gasteiger partial charge < -0.3 is 14.6 Å². The molecule has 1 N–H and O–H groups in total. The number of ketones is 1. The van der Waals surface area contributed by atoms with E-state index in [1.165, 1.54) is 6.92 Å². The van der Waals surface area contributed by atoms with Crippen LogP contribution in [0.2, 0.25) is 0 Å². The molecular weight excluding hydrogens is 232 g/mol. The average Bonchev–Trinajstić information content (AvgIpc) is 2.28. The van der Waals surface area contributed by atoms with Gasteiger partial charge in [0.15, 0.2) is 5.78 Å². The molecule has 18 heavy (non-hydrogen) atoms. The van der Waals surface area contributed by atoms with Crippen LogP contribution in [0.5, 0.6) is 11.5 Å². The number of aliphatic hydroxyl groups excluding tert-OH is 1. The van der Waals surface area contributed by atoms with Crippen molar-refractivity contribution < 1.29 is 19.4 Å². The van der Waals surface area contributed by atoms with Crippen LogP contribution in [0.25, 0.3) is 0 Å². The number of ether oxygens (including phenoxy) is 2. The fourth-order valence-corrected chi connectivity index (χ4v) is 1.77.